The van der Waals surface area contributed by atoms with Crippen LogP contribution >= 0.6 is 12.8 Å². The second-order valence-corrected chi connectivity index (χ2v) is 8.68. The van der Waals surface area contributed by atoms with Crippen LogP contribution in [-0.4, -0.2) is 63.1 Å². The van der Waals surface area contributed by atoms with Gasteiger partial charge in [0.25, 0.3) is 5.91 Å². The normalized spacial score (nSPS) is 13.7. The number of rotatable bonds is 8. The predicted molar refractivity (Wildman–Crippen MR) is 138 cm³/mol. The van der Waals surface area contributed by atoms with E-state index in [9.17, 15) is 10.1 Å². The van der Waals surface area contributed by atoms with Gasteiger partial charge in [0.1, 0.15) is 23.1 Å². The van der Waals surface area contributed by atoms with E-state index in [0.717, 1.165) is 11.1 Å². The van der Waals surface area contributed by atoms with Gasteiger partial charge >= 0.3 is 0 Å². The minimum atomic E-state index is -0.667. The molecule has 2 N–H and O–H groups in total. The molecule has 37 heavy (non-hydrogen) atoms. The van der Waals surface area contributed by atoms with Crippen molar-refractivity contribution >= 4 is 41.3 Å². The highest BCUT2D eigenvalue weighted by molar-refractivity contribution is 7.78. The van der Waals surface area contributed by atoms with Gasteiger partial charge in [-0.3, -0.25) is 13.4 Å². The van der Waals surface area contributed by atoms with Crippen LogP contribution in [0.2, 0.25) is 0 Å². The number of thiol groups is 1. The van der Waals surface area contributed by atoms with Gasteiger partial charge in [-0.1, -0.05) is 12.8 Å². The van der Waals surface area contributed by atoms with Gasteiger partial charge in [-0.05, 0) is 6.07 Å². The molecule has 1 aliphatic heterocycles. The Morgan fingerprint density at radius 1 is 1.30 bits per heavy atom. The average Bonchev–Trinajstić information content (AvgIpc) is 3.65. The van der Waals surface area contributed by atoms with Crippen LogP contribution in [0.1, 0.15) is 27.9 Å². The maximum absolute atomic E-state index is 13.3. The molecule has 0 bridgehead atoms. The number of methoxy groups -OCH3 is 1. The molecule has 5 rings (SSSR count). The predicted octanol–water partition coefficient (Wildman–Crippen LogP) is 2.75. The number of aryl methyl sites for hydroxylation is 1. The van der Waals surface area contributed by atoms with Crippen molar-refractivity contribution in [3.05, 3.63) is 53.7 Å². The topological polar surface area (TPSA) is 141 Å². The van der Waals surface area contributed by atoms with Crippen LogP contribution in [0.3, 0.4) is 0 Å². The number of carbonyl (C=O) groups excluding carboxylic acids is 1. The molecule has 190 valence electrons. The van der Waals surface area contributed by atoms with Crippen molar-refractivity contribution in [2.45, 2.75) is 6.29 Å². The summed E-state index contributed by atoms with van der Waals surface area (Å²) in [5, 5.41) is 19.5. The fourth-order valence-corrected chi connectivity index (χ4v) is 4.29. The number of hydrogen-bond acceptors (Lipinski definition) is 10. The third-order valence-corrected chi connectivity index (χ3v) is 6.11. The lowest BCUT2D eigenvalue weighted by Crippen LogP contribution is -2.15. The number of carbonyl (C=O) groups is 1. The second kappa shape index (κ2) is 10.6. The quantitative estimate of drug-likeness (QED) is 0.236. The molecule has 12 nitrogen and oxygen atoms in total. The molecule has 0 atom stereocenters. The highest BCUT2D eigenvalue weighted by atomic mass is 32.1. The Labute approximate surface area is 217 Å². The molecule has 0 spiro atoms. The summed E-state index contributed by atoms with van der Waals surface area (Å²) in [6, 6.07) is 5.58. The lowest BCUT2D eigenvalue weighted by Gasteiger charge is -2.14. The van der Waals surface area contributed by atoms with E-state index in [0.29, 0.717) is 59.9 Å². The van der Waals surface area contributed by atoms with E-state index in [2.05, 4.69) is 39.6 Å². The molecule has 13 heteroatoms. The largest absolute Gasteiger partial charge is 0.383 e. The summed E-state index contributed by atoms with van der Waals surface area (Å²) in [4.78, 5) is 22.4. The highest BCUT2D eigenvalue weighted by Gasteiger charge is 2.27. The number of nitriles is 1. The second-order valence-electron chi connectivity index (χ2n) is 8.25. The van der Waals surface area contributed by atoms with E-state index in [-0.39, 0.29) is 5.82 Å². The Balaban J connectivity index is 1.51. The summed E-state index contributed by atoms with van der Waals surface area (Å²) < 4.78 is 19.8. The lowest BCUT2D eigenvalue weighted by molar-refractivity contribution is -0.0466. The van der Waals surface area contributed by atoms with Crippen LogP contribution in [0.5, 0.6) is 0 Å². The number of ether oxygens (including phenoxy) is 3. The van der Waals surface area contributed by atoms with E-state index in [1.165, 1.54) is 6.20 Å². The minimum Gasteiger partial charge on any atom is -0.383 e. The van der Waals surface area contributed by atoms with Gasteiger partial charge in [0, 0.05) is 56.5 Å². The van der Waals surface area contributed by atoms with Crippen molar-refractivity contribution < 1.29 is 19.0 Å². The number of pyridine rings is 2. The van der Waals surface area contributed by atoms with E-state index in [4.69, 9.17) is 19.2 Å². The maximum Gasteiger partial charge on any atom is 0.260 e. The number of hydrogen-bond donors (Lipinski definition) is 3. The molecule has 0 aliphatic carbocycles. The zero-order chi connectivity index (χ0) is 25.9. The third-order valence-electron chi connectivity index (χ3n) is 5.78. The first-order valence-electron chi connectivity index (χ1n) is 11.4. The number of aromatic nitrogens is 5. The van der Waals surface area contributed by atoms with Crippen molar-refractivity contribution in [2.24, 2.45) is 7.05 Å². The summed E-state index contributed by atoms with van der Waals surface area (Å²) in [5.41, 5.74) is 4.40. The molecule has 1 saturated heterocycles. The summed E-state index contributed by atoms with van der Waals surface area (Å²) in [5.74, 6) is -0.155. The van der Waals surface area contributed by atoms with Gasteiger partial charge in [-0.2, -0.15) is 10.4 Å². The molecule has 0 aromatic carbocycles. The van der Waals surface area contributed by atoms with Crippen LogP contribution in [0, 0.1) is 11.3 Å². The van der Waals surface area contributed by atoms with Crippen LogP contribution in [0.4, 0.5) is 11.5 Å². The Hall–Kier alpha value is -3.96. The molecular weight excluding hydrogens is 496 g/mol. The highest BCUT2D eigenvalue weighted by Crippen LogP contribution is 2.35. The average molecular weight is 521 g/mol. The molecule has 0 unspecified atom stereocenters. The Morgan fingerprint density at radius 3 is 2.81 bits per heavy atom. The molecular formula is C24H24N8O4S. The number of fused-ring (bicyclic) bond motifs is 1. The molecule has 1 aliphatic rings. The van der Waals surface area contributed by atoms with Gasteiger partial charge in [0.2, 0.25) is 6.29 Å². The molecule has 1 amide bonds. The minimum absolute atomic E-state index is 0.277. The van der Waals surface area contributed by atoms with Crippen molar-refractivity contribution in [3.8, 4) is 17.2 Å². The van der Waals surface area contributed by atoms with Crippen molar-refractivity contribution in [3.63, 3.8) is 0 Å². The fraction of sp³-hybridized carbons (Fsp3) is 0.292. The van der Waals surface area contributed by atoms with Crippen molar-refractivity contribution in [1.29, 1.82) is 5.26 Å². The smallest absolute Gasteiger partial charge is 0.260 e. The van der Waals surface area contributed by atoms with Crippen molar-refractivity contribution in [1.82, 2.24) is 23.7 Å². The summed E-state index contributed by atoms with van der Waals surface area (Å²) >= 11 is 4.53. The van der Waals surface area contributed by atoms with Gasteiger partial charge < -0.3 is 24.8 Å². The zero-order valence-electron chi connectivity index (χ0n) is 20.1. The number of amides is 1. The third kappa shape index (κ3) is 5.00. The van der Waals surface area contributed by atoms with Crippen LogP contribution < -0.4 is 10.6 Å². The van der Waals surface area contributed by atoms with Crippen LogP contribution in [-0.2, 0) is 21.3 Å². The fourth-order valence-electron chi connectivity index (χ4n) is 4.03. The van der Waals surface area contributed by atoms with Crippen LogP contribution in [0.15, 0.2) is 36.9 Å². The molecule has 4 aromatic heterocycles. The first-order chi connectivity index (χ1) is 18.0. The van der Waals surface area contributed by atoms with Gasteiger partial charge in [-0.15, -0.1) is 0 Å². The molecule has 4 aromatic rings. The molecule has 0 saturated carbocycles. The number of nitrogens with zero attached hydrogens (tertiary/aromatic N) is 6. The van der Waals surface area contributed by atoms with Crippen molar-refractivity contribution in [2.75, 3.05) is 44.1 Å². The number of anilines is 2. The Kier molecular flexibility index (Phi) is 7.06. The monoisotopic (exact) mass is 520 g/mol. The summed E-state index contributed by atoms with van der Waals surface area (Å²) in [6.07, 6.45) is 5.92. The first kappa shape index (κ1) is 24.7. The van der Waals surface area contributed by atoms with E-state index in [1.807, 2.05) is 19.3 Å². The van der Waals surface area contributed by atoms with E-state index >= 15 is 0 Å². The van der Waals surface area contributed by atoms with E-state index in [1.54, 1.807) is 34.2 Å². The summed E-state index contributed by atoms with van der Waals surface area (Å²) in [6.45, 7) is 1.85. The van der Waals surface area contributed by atoms with Gasteiger partial charge in [0.15, 0.2) is 0 Å². The lowest BCUT2D eigenvalue weighted by atomic mass is 10.1. The Bertz CT molecular complexity index is 1500. The Morgan fingerprint density at radius 2 is 2.11 bits per heavy atom. The maximum atomic E-state index is 13.3. The molecule has 5 heterocycles. The number of nitrogens with one attached hydrogen (secondary N) is 2. The standard InChI is InChI=1S/C24H24N8O4S/c1-31-12-15(11-28-31)16-7-19-21(30-22(16)24-35-5-6-36-24)17(13-32(19)37)23(33)29-20-8-18(26-3-4-34-2)14(9-25)10-27-20/h7-8,10-13,24,37H,3-6H2,1-2H3,(H2,26,27,29,33). The van der Waals surface area contributed by atoms with Gasteiger partial charge in [0.05, 0.1) is 48.3 Å². The first-order valence-corrected chi connectivity index (χ1v) is 11.8. The van der Waals surface area contributed by atoms with Crippen LogP contribution in [0.25, 0.3) is 22.2 Å². The SMILES string of the molecule is COCCNc1cc(NC(=O)c2cn(S)c3cc(-c4cnn(C)c4)c(C4OCCO4)nc23)ncc1C#N. The van der Waals surface area contributed by atoms with Gasteiger partial charge in [-0.25, -0.2) is 9.97 Å². The zero-order valence-corrected chi connectivity index (χ0v) is 21.0. The molecule has 1 fully saturated rings. The summed E-state index contributed by atoms with van der Waals surface area (Å²) in [7, 11) is 3.42. The molecule has 0 radical (unpaired) electrons. The van der Waals surface area contributed by atoms with E-state index < -0.39 is 12.2 Å².